The van der Waals surface area contributed by atoms with Crippen molar-refractivity contribution in [2.24, 2.45) is 0 Å². The van der Waals surface area contributed by atoms with Crippen molar-refractivity contribution < 1.29 is 23.5 Å². The van der Waals surface area contributed by atoms with E-state index in [1.807, 2.05) is 6.07 Å². The van der Waals surface area contributed by atoms with Gasteiger partial charge in [0.2, 0.25) is 0 Å². The molecule has 1 fully saturated rings. The Balaban J connectivity index is 1.82. The summed E-state index contributed by atoms with van der Waals surface area (Å²) in [7, 11) is 1.19. The Morgan fingerprint density at radius 3 is 2.81 bits per heavy atom. The molecule has 1 aliphatic heterocycles. The summed E-state index contributed by atoms with van der Waals surface area (Å²) >= 11 is 10.1. The van der Waals surface area contributed by atoms with Crippen molar-refractivity contribution in [3.63, 3.8) is 0 Å². The zero-order valence-corrected chi connectivity index (χ0v) is 16.5. The van der Waals surface area contributed by atoms with Gasteiger partial charge in [0.1, 0.15) is 18.1 Å². The number of furan rings is 1. The lowest BCUT2D eigenvalue weighted by Crippen LogP contribution is -2.34. The van der Waals surface area contributed by atoms with Crippen molar-refractivity contribution in [2.75, 3.05) is 13.7 Å². The Bertz CT molecular complexity index is 939. The summed E-state index contributed by atoms with van der Waals surface area (Å²) in [5.41, 5.74) is 0.775. The van der Waals surface area contributed by atoms with Crippen LogP contribution in [0.1, 0.15) is 5.76 Å². The molecule has 1 aromatic carbocycles. The Hall–Kier alpha value is -2.03. The van der Waals surface area contributed by atoms with Gasteiger partial charge in [0.25, 0.3) is 11.1 Å². The largest absolute Gasteiger partial charge is 0.468 e. The first-order valence-electron chi connectivity index (χ1n) is 7.26. The van der Waals surface area contributed by atoms with Crippen LogP contribution in [0.2, 0.25) is 5.02 Å². The third-order valence-corrected chi connectivity index (χ3v) is 5.63. The van der Waals surface area contributed by atoms with E-state index < -0.39 is 23.7 Å². The number of methoxy groups -OCH3 is 1. The van der Waals surface area contributed by atoms with Crippen molar-refractivity contribution >= 4 is 62.5 Å². The van der Waals surface area contributed by atoms with Gasteiger partial charge in [-0.1, -0.05) is 17.7 Å². The van der Waals surface area contributed by atoms with Crippen LogP contribution in [0.4, 0.5) is 4.79 Å². The lowest BCUT2D eigenvalue weighted by molar-refractivity contribution is -0.143. The number of halogens is 2. The standard InChI is InChI=1S/C17H11BrClNO5S/c1-24-15(21)8-20-16(22)14(26-17(20)23)7-10-3-5-13(25-10)9-2-4-11(18)12(19)6-9/h2-7H,8H2,1H3. The zero-order chi connectivity index (χ0) is 18.8. The van der Waals surface area contributed by atoms with Crippen molar-refractivity contribution in [1.82, 2.24) is 4.90 Å². The van der Waals surface area contributed by atoms with E-state index in [0.29, 0.717) is 16.5 Å². The topological polar surface area (TPSA) is 76.8 Å². The molecule has 2 heterocycles. The normalized spacial score (nSPS) is 15.8. The fourth-order valence-corrected chi connectivity index (χ4v) is 3.44. The summed E-state index contributed by atoms with van der Waals surface area (Å²) in [6.45, 7) is -0.417. The molecular formula is C17H11BrClNO5S. The number of hydrogen-bond acceptors (Lipinski definition) is 6. The number of esters is 1. The first-order valence-corrected chi connectivity index (χ1v) is 9.25. The predicted molar refractivity (Wildman–Crippen MR) is 102 cm³/mol. The second kappa shape index (κ2) is 7.69. The monoisotopic (exact) mass is 455 g/mol. The molecule has 0 radical (unpaired) electrons. The van der Waals surface area contributed by atoms with E-state index in [2.05, 4.69) is 20.7 Å². The van der Waals surface area contributed by atoms with E-state index in [0.717, 1.165) is 26.7 Å². The number of thioether (sulfide) groups is 1. The summed E-state index contributed by atoms with van der Waals surface area (Å²) in [6.07, 6.45) is 1.46. The van der Waals surface area contributed by atoms with Crippen LogP contribution in [0.3, 0.4) is 0 Å². The van der Waals surface area contributed by atoms with Gasteiger partial charge in [-0.25, -0.2) is 0 Å². The van der Waals surface area contributed by atoms with Crippen LogP contribution in [-0.4, -0.2) is 35.7 Å². The number of carbonyl (C=O) groups is 3. The quantitative estimate of drug-likeness (QED) is 0.495. The Kier molecular flexibility index (Phi) is 5.55. The minimum atomic E-state index is -0.666. The number of benzene rings is 1. The highest BCUT2D eigenvalue weighted by Crippen LogP contribution is 2.34. The second-order valence-corrected chi connectivity index (χ2v) is 7.43. The molecule has 0 spiro atoms. The summed E-state index contributed by atoms with van der Waals surface area (Å²) in [5, 5.41) is 0.0162. The van der Waals surface area contributed by atoms with E-state index in [1.165, 1.54) is 13.2 Å². The Morgan fingerprint density at radius 2 is 2.12 bits per heavy atom. The smallest absolute Gasteiger partial charge is 0.325 e. The van der Waals surface area contributed by atoms with E-state index >= 15 is 0 Å². The van der Waals surface area contributed by atoms with Crippen LogP contribution < -0.4 is 0 Å². The molecule has 134 valence electrons. The number of imide groups is 1. The number of rotatable bonds is 4. The fourth-order valence-electron chi connectivity index (χ4n) is 2.19. The van der Waals surface area contributed by atoms with Crippen LogP contribution in [-0.2, 0) is 14.3 Å². The summed E-state index contributed by atoms with van der Waals surface area (Å²) in [6, 6.07) is 8.81. The van der Waals surface area contributed by atoms with Gasteiger partial charge in [-0.2, -0.15) is 0 Å². The SMILES string of the molecule is COC(=O)CN1C(=O)SC(=Cc2ccc(-c3ccc(Br)c(Cl)c3)o2)C1=O. The molecule has 9 heteroatoms. The molecule has 6 nitrogen and oxygen atoms in total. The maximum atomic E-state index is 12.3. The average Bonchev–Trinajstić information content (AvgIpc) is 3.18. The van der Waals surface area contributed by atoms with Gasteiger partial charge < -0.3 is 9.15 Å². The average molecular weight is 457 g/mol. The molecule has 0 saturated carbocycles. The number of hydrogen-bond donors (Lipinski definition) is 0. The van der Waals surface area contributed by atoms with E-state index in [9.17, 15) is 14.4 Å². The maximum absolute atomic E-state index is 12.3. The molecule has 0 atom stereocenters. The third-order valence-electron chi connectivity index (χ3n) is 3.49. The van der Waals surface area contributed by atoms with E-state index in [4.69, 9.17) is 16.0 Å². The molecule has 0 bridgehead atoms. The molecule has 3 rings (SSSR count). The van der Waals surface area contributed by atoms with Gasteiger partial charge in [-0.15, -0.1) is 0 Å². The molecule has 1 saturated heterocycles. The van der Waals surface area contributed by atoms with Gasteiger partial charge in [0, 0.05) is 16.1 Å². The van der Waals surface area contributed by atoms with Gasteiger partial charge >= 0.3 is 5.97 Å². The number of ether oxygens (including phenoxy) is 1. The Morgan fingerprint density at radius 1 is 1.35 bits per heavy atom. The molecule has 0 aliphatic carbocycles. The van der Waals surface area contributed by atoms with Crippen LogP contribution in [0.25, 0.3) is 17.4 Å². The highest BCUT2D eigenvalue weighted by atomic mass is 79.9. The molecule has 0 unspecified atom stereocenters. The van der Waals surface area contributed by atoms with Crippen LogP contribution in [0.5, 0.6) is 0 Å². The predicted octanol–water partition coefficient (Wildman–Crippen LogP) is 4.57. The first-order chi connectivity index (χ1) is 12.4. The molecular weight excluding hydrogens is 446 g/mol. The van der Waals surface area contributed by atoms with E-state index in [-0.39, 0.29) is 4.91 Å². The van der Waals surface area contributed by atoms with Gasteiger partial charge in [0.15, 0.2) is 0 Å². The van der Waals surface area contributed by atoms with Gasteiger partial charge in [-0.3, -0.25) is 19.3 Å². The van der Waals surface area contributed by atoms with Crippen molar-refractivity contribution in [1.29, 1.82) is 0 Å². The number of carbonyl (C=O) groups excluding carboxylic acids is 3. The maximum Gasteiger partial charge on any atom is 0.325 e. The molecule has 1 aliphatic rings. The van der Waals surface area contributed by atoms with Crippen LogP contribution in [0, 0.1) is 0 Å². The van der Waals surface area contributed by atoms with Crippen molar-refractivity contribution in [3.05, 3.63) is 50.5 Å². The number of nitrogens with zero attached hydrogens (tertiary/aromatic N) is 1. The summed E-state index contributed by atoms with van der Waals surface area (Å²) in [5.74, 6) is -0.252. The van der Waals surface area contributed by atoms with Crippen molar-refractivity contribution in [2.45, 2.75) is 0 Å². The lowest BCUT2D eigenvalue weighted by Gasteiger charge is -2.09. The molecule has 0 N–H and O–H groups in total. The van der Waals surface area contributed by atoms with E-state index in [1.54, 1.807) is 24.3 Å². The van der Waals surface area contributed by atoms with Crippen molar-refractivity contribution in [3.8, 4) is 11.3 Å². The lowest BCUT2D eigenvalue weighted by atomic mass is 10.2. The summed E-state index contributed by atoms with van der Waals surface area (Å²) in [4.78, 5) is 36.5. The molecule has 2 amide bonds. The minimum Gasteiger partial charge on any atom is -0.468 e. The van der Waals surface area contributed by atoms with Crippen LogP contribution in [0.15, 0.2) is 44.1 Å². The van der Waals surface area contributed by atoms with Gasteiger partial charge in [0.05, 0.1) is 17.0 Å². The summed E-state index contributed by atoms with van der Waals surface area (Å²) < 4.78 is 11.0. The molecule has 2 aromatic rings. The highest BCUT2D eigenvalue weighted by molar-refractivity contribution is 9.10. The molecule has 1 aromatic heterocycles. The van der Waals surface area contributed by atoms with Gasteiger partial charge in [-0.05, 0) is 52.0 Å². The van der Waals surface area contributed by atoms with Crippen LogP contribution >= 0.6 is 39.3 Å². The number of amides is 2. The minimum absolute atomic E-state index is 0.175. The second-order valence-electron chi connectivity index (χ2n) is 5.17. The fraction of sp³-hybridized carbons (Fsp3) is 0.118. The molecule has 26 heavy (non-hydrogen) atoms. The third kappa shape index (κ3) is 3.87. The zero-order valence-electron chi connectivity index (χ0n) is 13.3. The first kappa shape index (κ1) is 18.8. The highest BCUT2D eigenvalue weighted by Gasteiger charge is 2.36. The Labute approximate surface area is 166 Å².